The molecule has 1 aromatic rings. The molecule has 0 saturated carbocycles. The minimum atomic E-state index is -0.287. The average Bonchev–Trinajstić information content (AvgIpc) is 2.92. The largest absolute Gasteiger partial charge is 0.446 e. The molecule has 0 bridgehead atoms. The highest BCUT2D eigenvalue weighted by Crippen LogP contribution is 2.25. The molecule has 2 heterocycles. The molecule has 2 rings (SSSR count). The molecule has 1 N–H and O–H groups in total. The Morgan fingerprint density at radius 1 is 1.55 bits per heavy atom. The van der Waals surface area contributed by atoms with Gasteiger partial charge in [0.1, 0.15) is 5.76 Å². The zero-order valence-corrected chi connectivity index (χ0v) is 12.4. The Balaban J connectivity index is 1.91. The van der Waals surface area contributed by atoms with Crippen LogP contribution in [-0.2, 0) is 16.1 Å². The molecule has 6 heteroatoms. The zero-order valence-electron chi connectivity index (χ0n) is 12.4. The van der Waals surface area contributed by atoms with Crippen molar-refractivity contribution >= 4 is 11.8 Å². The molecule has 1 fully saturated rings. The van der Waals surface area contributed by atoms with Crippen LogP contribution in [0, 0.1) is 12.8 Å². The van der Waals surface area contributed by atoms with Crippen molar-refractivity contribution in [1.82, 2.24) is 15.2 Å². The summed E-state index contributed by atoms with van der Waals surface area (Å²) in [6.07, 6.45) is 1.63. The summed E-state index contributed by atoms with van der Waals surface area (Å²) >= 11 is 0. The van der Waals surface area contributed by atoms with Crippen molar-refractivity contribution in [1.29, 1.82) is 0 Å². The van der Waals surface area contributed by atoms with E-state index in [1.165, 1.54) is 6.39 Å². The SMILES string of the molecule is Cc1ncoc1CNC(=O)C1CC(=O)N(C(C)(C)C)C1. The maximum Gasteiger partial charge on any atom is 0.225 e. The van der Waals surface area contributed by atoms with Crippen molar-refractivity contribution in [2.45, 2.75) is 46.2 Å². The fourth-order valence-electron chi connectivity index (χ4n) is 2.34. The van der Waals surface area contributed by atoms with E-state index in [-0.39, 0.29) is 29.7 Å². The molecule has 0 spiro atoms. The summed E-state index contributed by atoms with van der Waals surface area (Å²) in [5.74, 6) is 0.287. The van der Waals surface area contributed by atoms with E-state index < -0.39 is 0 Å². The van der Waals surface area contributed by atoms with E-state index >= 15 is 0 Å². The number of hydrogen-bond acceptors (Lipinski definition) is 4. The van der Waals surface area contributed by atoms with Crippen LogP contribution in [0.3, 0.4) is 0 Å². The second-order valence-electron chi connectivity index (χ2n) is 6.15. The number of carbonyl (C=O) groups excluding carboxylic acids is 2. The number of rotatable bonds is 3. The van der Waals surface area contributed by atoms with Crippen LogP contribution in [0.15, 0.2) is 10.8 Å². The lowest BCUT2D eigenvalue weighted by atomic mass is 10.1. The monoisotopic (exact) mass is 279 g/mol. The minimum Gasteiger partial charge on any atom is -0.446 e. The highest BCUT2D eigenvalue weighted by Gasteiger charge is 2.39. The highest BCUT2D eigenvalue weighted by atomic mass is 16.3. The van der Waals surface area contributed by atoms with E-state index in [9.17, 15) is 9.59 Å². The van der Waals surface area contributed by atoms with Crippen LogP contribution in [-0.4, -0.2) is 33.8 Å². The summed E-state index contributed by atoms with van der Waals surface area (Å²) < 4.78 is 5.17. The minimum absolute atomic E-state index is 0.0356. The maximum absolute atomic E-state index is 12.1. The number of aryl methyl sites for hydroxylation is 1. The summed E-state index contributed by atoms with van der Waals surface area (Å²) in [5, 5.41) is 2.81. The Bertz CT molecular complexity index is 516. The third-order valence-electron chi connectivity index (χ3n) is 3.57. The molecule has 0 aromatic carbocycles. The van der Waals surface area contributed by atoms with E-state index in [2.05, 4.69) is 10.3 Å². The number of hydrogen-bond donors (Lipinski definition) is 1. The van der Waals surface area contributed by atoms with Crippen LogP contribution >= 0.6 is 0 Å². The molecule has 1 aliphatic rings. The number of likely N-dealkylation sites (tertiary alicyclic amines) is 1. The number of oxazole rings is 1. The van der Waals surface area contributed by atoms with Gasteiger partial charge in [0.15, 0.2) is 6.39 Å². The van der Waals surface area contributed by atoms with Gasteiger partial charge in [-0.15, -0.1) is 0 Å². The van der Waals surface area contributed by atoms with Crippen LogP contribution in [0.4, 0.5) is 0 Å². The van der Waals surface area contributed by atoms with Gasteiger partial charge in [-0.25, -0.2) is 4.98 Å². The van der Waals surface area contributed by atoms with Crippen molar-refractivity contribution in [3.63, 3.8) is 0 Å². The molecule has 1 aromatic heterocycles. The highest BCUT2D eigenvalue weighted by molar-refractivity contribution is 5.89. The first kappa shape index (κ1) is 14.6. The molecular formula is C14H21N3O3. The van der Waals surface area contributed by atoms with Crippen LogP contribution in [0.2, 0.25) is 0 Å². The molecule has 1 aliphatic heterocycles. The Kier molecular flexibility index (Phi) is 3.83. The lowest BCUT2D eigenvalue weighted by molar-refractivity contribution is -0.132. The number of carbonyl (C=O) groups is 2. The van der Waals surface area contributed by atoms with Gasteiger partial charge >= 0.3 is 0 Å². The Hall–Kier alpha value is -1.85. The molecule has 110 valence electrons. The maximum atomic E-state index is 12.1. The van der Waals surface area contributed by atoms with Gasteiger partial charge in [0.2, 0.25) is 11.8 Å². The molecule has 2 amide bonds. The summed E-state index contributed by atoms with van der Waals surface area (Å²) in [4.78, 5) is 29.8. The van der Waals surface area contributed by atoms with Crippen molar-refractivity contribution in [3.8, 4) is 0 Å². The molecule has 6 nitrogen and oxygen atoms in total. The van der Waals surface area contributed by atoms with Gasteiger partial charge in [-0.1, -0.05) is 0 Å². The van der Waals surface area contributed by atoms with E-state index in [1.54, 1.807) is 4.90 Å². The smallest absolute Gasteiger partial charge is 0.225 e. The number of aromatic nitrogens is 1. The first-order chi connectivity index (χ1) is 9.29. The zero-order chi connectivity index (χ0) is 14.9. The third-order valence-corrected chi connectivity index (χ3v) is 3.57. The first-order valence-corrected chi connectivity index (χ1v) is 6.76. The number of nitrogens with one attached hydrogen (secondary N) is 1. The summed E-state index contributed by atoms with van der Waals surface area (Å²) in [6.45, 7) is 8.54. The molecule has 1 atom stereocenters. The Morgan fingerprint density at radius 2 is 2.25 bits per heavy atom. The van der Waals surface area contributed by atoms with Crippen LogP contribution in [0.5, 0.6) is 0 Å². The van der Waals surface area contributed by atoms with Gasteiger partial charge in [-0.05, 0) is 27.7 Å². The van der Waals surface area contributed by atoms with Gasteiger partial charge in [0, 0.05) is 18.5 Å². The van der Waals surface area contributed by atoms with Gasteiger partial charge in [-0.3, -0.25) is 9.59 Å². The fourth-order valence-corrected chi connectivity index (χ4v) is 2.34. The number of nitrogens with zero attached hydrogens (tertiary/aromatic N) is 2. The predicted octanol–water partition coefficient (Wildman–Crippen LogP) is 1.25. The quantitative estimate of drug-likeness (QED) is 0.903. The summed E-state index contributed by atoms with van der Waals surface area (Å²) in [5.41, 5.74) is 0.525. The van der Waals surface area contributed by atoms with Crippen LogP contribution in [0.25, 0.3) is 0 Å². The Morgan fingerprint density at radius 3 is 2.75 bits per heavy atom. The average molecular weight is 279 g/mol. The second kappa shape index (κ2) is 5.26. The Labute approximate surface area is 118 Å². The molecule has 0 aliphatic carbocycles. The fraction of sp³-hybridized carbons (Fsp3) is 0.643. The van der Waals surface area contributed by atoms with E-state index in [1.807, 2.05) is 27.7 Å². The predicted molar refractivity (Wildman–Crippen MR) is 72.7 cm³/mol. The topological polar surface area (TPSA) is 75.4 Å². The van der Waals surface area contributed by atoms with Crippen molar-refractivity contribution in [2.75, 3.05) is 6.54 Å². The van der Waals surface area contributed by atoms with Crippen LogP contribution in [0.1, 0.15) is 38.6 Å². The second-order valence-corrected chi connectivity index (χ2v) is 6.15. The lowest BCUT2D eigenvalue weighted by Gasteiger charge is -2.31. The van der Waals surface area contributed by atoms with Crippen molar-refractivity contribution in [3.05, 3.63) is 17.8 Å². The molecular weight excluding hydrogens is 258 g/mol. The van der Waals surface area contributed by atoms with Gasteiger partial charge in [0.05, 0.1) is 18.2 Å². The van der Waals surface area contributed by atoms with E-state index in [0.717, 1.165) is 5.69 Å². The third kappa shape index (κ3) is 3.00. The summed E-state index contributed by atoms with van der Waals surface area (Å²) in [6, 6.07) is 0. The summed E-state index contributed by atoms with van der Waals surface area (Å²) in [7, 11) is 0. The van der Waals surface area contributed by atoms with Gasteiger partial charge < -0.3 is 14.6 Å². The molecule has 20 heavy (non-hydrogen) atoms. The number of amides is 2. The van der Waals surface area contributed by atoms with Crippen LogP contribution < -0.4 is 5.32 Å². The van der Waals surface area contributed by atoms with Gasteiger partial charge in [0.25, 0.3) is 0 Å². The lowest BCUT2D eigenvalue weighted by Crippen LogP contribution is -2.43. The molecule has 0 radical (unpaired) electrons. The van der Waals surface area contributed by atoms with Crippen molar-refractivity contribution < 1.29 is 14.0 Å². The van der Waals surface area contributed by atoms with E-state index in [4.69, 9.17) is 4.42 Å². The van der Waals surface area contributed by atoms with Gasteiger partial charge in [-0.2, -0.15) is 0 Å². The molecule has 1 unspecified atom stereocenters. The van der Waals surface area contributed by atoms with E-state index in [0.29, 0.717) is 18.8 Å². The standard InChI is InChI=1S/C14H21N3O3/c1-9-11(20-8-16-9)6-15-13(19)10-5-12(18)17(7-10)14(2,3)4/h8,10H,5-7H2,1-4H3,(H,15,19). The normalized spacial score (nSPS) is 19.5. The molecule has 1 saturated heterocycles. The first-order valence-electron chi connectivity index (χ1n) is 6.76. The van der Waals surface area contributed by atoms with Crippen molar-refractivity contribution in [2.24, 2.45) is 5.92 Å².